The molecule has 16 heavy (non-hydrogen) atoms. The van der Waals surface area contributed by atoms with Crippen LogP contribution in [0.3, 0.4) is 0 Å². The normalized spacial score (nSPS) is 12.6. The molecule has 0 radical (unpaired) electrons. The van der Waals surface area contributed by atoms with Crippen LogP contribution >= 0.6 is 0 Å². The first-order valence-corrected chi connectivity index (χ1v) is 6.96. The van der Waals surface area contributed by atoms with Crippen LogP contribution in [-0.2, 0) is 10.2 Å². The second-order valence-electron chi connectivity index (χ2n) is 3.92. The predicted molar refractivity (Wildman–Crippen MR) is 66.2 cm³/mol. The maximum absolute atomic E-state index is 11.6. The van der Waals surface area contributed by atoms with Gasteiger partial charge in [-0.05, 0) is 25.9 Å². The van der Waals surface area contributed by atoms with Gasteiger partial charge in [0, 0.05) is 27.7 Å². The highest BCUT2D eigenvalue weighted by molar-refractivity contribution is 7.87. The topological polar surface area (TPSA) is 64.7 Å². The molecule has 7 heteroatoms. The fourth-order valence-electron chi connectivity index (χ4n) is 1.15. The maximum Gasteiger partial charge on any atom is 0.292 e. The van der Waals surface area contributed by atoms with Gasteiger partial charge in [-0.3, -0.25) is 0 Å². The molecule has 0 aliphatic heterocycles. The Kier molecular flexibility index (Phi) is 7.86. The van der Waals surface area contributed by atoms with Crippen LogP contribution in [0.4, 0.5) is 0 Å². The standard InChI is InChI=1S/C9H24N4O2S/c1-5-7-10-8-6-9-13(4)16(14,15)11-12(2)3/h10-11H,5-9H2,1-4H3. The van der Waals surface area contributed by atoms with Crippen LogP contribution in [0.15, 0.2) is 0 Å². The fourth-order valence-corrected chi connectivity index (χ4v) is 2.12. The molecule has 98 valence electrons. The average Bonchev–Trinajstić information content (AvgIpc) is 2.15. The monoisotopic (exact) mass is 252 g/mol. The first-order valence-electron chi connectivity index (χ1n) is 5.52. The van der Waals surface area contributed by atoms with Crippen molar-refractivity contribution in [1.82, 2.24) is 19.5 Å². The molecule has 0 fully saturated rings. The summed E-state index contributed by atoms with van der Waals surface area (Å²) in [5.41, 5.74) is 0. The Morgan fingerprint density at radius 3 is 2.25 bits per heavy atom. The van der Waals surface area contributed by atoms with E-state index in [1.165, 1.54) is 9.31 Å². The van der Waals surface area contributed by atoms with Crippen molar-refractivity contribution in [3.8, 4) is 0 Å². The Morgan fingerprint density at radius 2 is 1.75 bits per heavy atom. The second kappa shape index (κ2) is 7.97. The number of hydrogen-bond acceptors (Lipinski definition) is 4. The van der Waals surface area contributed by atoms with Crippen LogP contribution < -0.4 is 10.1 Å². The second-order valence-corrected chi connectivity index (χ2v) is 5.67. The molecule has 2 N–H and O–H groups in total. The van der Waals surface area contributed by atoms with Gasteiger partial charge in [0.25, 0.3) is 10.2 Å². The largest absolute Gasteiger partial charge is 0.317 e. The summed E-state index contributed by atoms with van der Waals surface area (Å²) in [6.07, 6.45) is 1.90. The highest BCUT2D eigenvalue weighted by Crippen LogP contribution is 1.95. The number of nitrogens with one attached hydrogen (secondary N) is 2. The molecule has 0 saturated carbocycles. The number of rotatable bonds is 9. The lowest BCUT2D eigenvalue weighted by Crippen LogP contribution is -2.45. The van der Waals surface area contributed by atoms with E-state index in [1.54, 1.807) is 21.1 Å². The minimum Gasteiger partial charge on any atom is -0.317 e. The molecule has 0 aromatic heterocycles. The summed E-state index contributed by atoms with van der Waals surface area (Å²) in [5, 5.41) is 4.65. The molecule has 6 nitrogen and oxygen atoms in total. The molecular weight excluding hydrogens is 228 g/mol. The molecule has 0 atom stereocenters. The van der Waals surface area contributed by atoms with Gasteiger partial charge in [0.05, 0.1) is 0 Å². The highest BCUT2D eigenvalue weighted by atomic mass is 32.2. The third kappa shape index (κ3) is 7.13. The zero-order chi connectivity index (χ0) is 12.6. The Labute approximate surface area is 99.1 Å². The van der Waals surface area contributed by atoms with Crippen molar-refractivity contribution in [1.29, 1.82) is 0 Å². The molecule has 0 aliphatic rings. The lowest BCUT2D eigenvalue weighted by atomic mass is 10.4. The summed E-state index contributed by atoms with van der Waals surface area (Å²) in [6.45, 7) is 4.44. The Bertz CT molecular complexity index is 267. The summed E-state index contributed by atoms with van der Waals surface area (Å²) in [6, 6.07) is 0. The van der Waals surface area contributed by atoms with Gasteiger partial charge in [-0.1, -0.05) is 6.92 Å². The van der Waals surface area contributed by atoms with Gasteiger partial charge < -0.3 is 5.32 Å². The lowest BCUT2D eigenvalue weighted by Gasteiger charge is -2.20. The lowest BCUT2D eigenvalue weighted by molar-refractivity contribution is 0.339. The number of hydrazine groups is 1. The zero-order valence-corrected chi connectivity index (χ0v) is 11.5. The molecule has 0 rings (SSSR count). The SMILES string of the molecule is CCCNCCCN(C)S(=O)(=O)NN(C)C. The van der Waals surface area contributed by atoms with E-state index in [9.17, 15) is 8.42 Å². The average molecular weight is 252 g/mol. The van der Waals surface area contributed by atoms with Gasteiger partial charge in [0.15, 0.2) is 0 Å². The first kappa shape index (κ1) is 15.8. The summed E-state index contributed by atoms with van der Waals surface area (Å²) in [5.74, 6) is 0. The van der Waals surface area contributed by atoms with E-state index in [4.69, 9.17) is 0 Å². The third-order valence-electron chi connectivity index (χ3n) is 1.96. The molecule has 0 spiro atoms. The molecule has 0 bridgehead atoms. The van der Waals surface area contributed by atoms with Crippen LogP contribution in [0.1, 0.15) is 19.8 Å². The molecule has 0 unspecified atom stereocenters. The van der Waals surface area contributed by atoms with Crippen molar-refractivity contribution in [3.63, 3.8) is 0 Å². The van der Waals surface area contributed by atoms with Crippen molar-refractivity contribution in [2.75, 3.05) is 40.8 Å². The van der Waals surface area contributed by atoms with Gasteiger partial charge in [-0.2, -0.15) is 12.7 Å². The number of hydrogen-bond donors (Lipinski definition) is 2. The minimum absolute atomic E-state index is 0.514. The van der Waals surface area contributed by atoms with E-state index in [-0.39, 0.29) is 0 Å². The highest BCUT2D eigenvalue weighted by Gasteiger charge is 2.16. The summed E-state index contributed by atoms with van der Waals surface area (Å²) < 4.78 is 24.5. The minimum atomic E-state index is -3.37. The Morgan fingerprint density at radius 1 is 1.12 bits per heavy atom. The smallest absolute Gasteiger partial charge is 0.292 e. The van der Waals surface area contributed by atoms with E-state index in [2.05, 4.69) is 17.1 Å². The number of nitrogens with zero attached hydrogens (tertiary/aromatic N) is 2. The first-order chi connectivity index (χ1) is 7.40. The van der Waals surface area contributed by atoms with Gasteiger partial charge in [0.1, 0.15) is 0 Å². The van der Waals surface area contributed by atoms with Crippen LogP contribution in [0.2, 0.25) is 0 Å². The quantitative estimate of drug-likeness (QED) is 0.434. The molecule has 0 aliphatic carbocycles. The van der Waals surface area contributed by atoms with Crippen molar-refractivity contribution < 1.29 is 8.42 Å². The molecule has 0 aromatic carbocycles. The van der Waals surface area contributed by atoms with Gasteiger partial charge in [-0.15, -0.1) is 4.83 Å². The third-order valence-corrected chi connectivity index (χ3v) is 3.56. The van der Waals surface area contributed by atoms with Crippen LogP contribution in [0.25, 0.3) is 0 Å². The Hall–Kier alpha value is -0.210. The van der Waals surface area contributed by atoms with Gasteiger partial charge in [-0.25, -0.2) is 5.01 Å². The molecular formula is C9H24N4O2S. The molecule has 0 saturated heterocycles. The van der Waals surface area contributed by atoms with Crippen LogP contribution in [-0.4, -0.2) is 58.5 Å². The van der Waals surface area contributed by atoms with Crippen molar-refractivity contribution in [3.05, 3.63) is 0 Å². The van der Waals surface area contributed by atoms with Crippen LogP contribution in [0.5, 0.6) is 0 Å². The summed E-state index contributed by atoms with van der Waals surface area (Å²) in [4.78, 5) is 2.38. The van der Waals surface area contributed by atoms with Gasteiger partial charge in [0.2, 0.25) is 0 Å². The summed E-state index contributed by atoms with van der Waals surface area (Å²) >= 11 is 0. The molecule has 0 amide bonds. The van der Waals surface area contributed by atoms with E-state index in [1.807, 2.05) is 0 Å². The molecule has 0 aromatic rings. The van der Waals surface area contributed by atoms with Crippen LogP contribution in [0, 0.1) is 0 Å². The molecule has 0 heterocycles. The van der Waals surface area contributed by atoms with Crippen molar-refractivity contribution >= 4 is 10.2 Å². The van der Waals surface area contributed by atoms with Gasteiger partial charge >= 0.3 is 0 Å². The zero-order valence-electron chi connectivity index (χ0n) is 10.7. The van der Waals surface area contributed by atoms with Crippen molar-refractivity contribution in [2.45, 2.75) is 19.8 Å². The Balaban J connectivity index is 3.83. The van der Waals surface area contributed by atoms with E-state index in [0.29, 0.717) is 6.54 Å². The van der Waals surface area contributed by atoms with E-state index >= 15 is 0 Å². The van der Waals surface area contributed by atoms with E-state index in [0.717, 1.165) is 25.9 Å². The fraction of sp³-hybridized carbons (Fsp3) is 1.00. The van der Waals surface area contributed by atoms with E-state index < -0.39 is 10.2 Å². The maximum atomic E-state index is 11.6. The summed E-state index contributed by atoms with van der Waals surface area (Å²) in [7, 11) is 1.50. The predicted octanol–water partition coefficient (Wildman–Crippen LogP) is -0.381. The van der Waals surface area contributed by atoms with Crippen molar-refractivity contribution in [2.24, 2.45) is 0 Å².